The van der Waals surface area contributed by atoms with Gasteiger partial charge >= 0.3 is 5.97 Å². The van der Waals surface area contributed by atoms with Gasteiger partial charge in [-0.25, -0.2) is 4.79 Å². The summed E-state index contributed by atoms with van der Waals surface area (Å²) < 4.78 is 4.70. The molecule has 0 aliphatic carbocycles. The normalized spacial score (nSPS) is 10.0. The summed E-state index contributed by atoms with van der Waals surface area (Å²) in [5, 5.41) is 2.99. The number of amides is 1. The molecule has 5 nitrogen and oxygen atoms in total. The quantitative estimate of drug-likeness (QED) is 0.885. The molecule has 0 aliphatic heterocycles. The second kappa shape index (κ2) is 6.37. The number of carbonyl (C=O) groups is 2. The van der Waals surface area contributed by atoms with Crippen molar-refractivity contribution in [3.8, 4) is 0 Å². The number of ether oxygens (including phenoxy) is 1. The number of rotatable bonds is 3. The first-order chi connectivity index (χ1) is 10.0. The molecule has 0 atom stereocenters. The van der Waals surface area contributed by atoms with E-state index < -0.39 is 5.97 Å². The number of nitrogens with one attached hydrogen (secondary N) is 1. The van der Waals surface area contributed by atoms with Crippen molar-refractivity contribution in [2.24, 2.45) is 0 Å². The van der Waals surface area contributed by atoms with Crippen LogP contribution in [0.3, 0.4) is 0 Å². The van der Waals surface area contributed by atoms with E-state index in [1.165, 1.54) is 25.6 Å². The summed E-state index contributed by atoms with van der Waals surface area (Å²) in [7, 11) is 1.31. The lowest BCUT2D eigenvalue weighted by atomic mass is 10.1. The van der Waals surface area contributed by atoms with Crippen molar-refractivity contribution in [1.82, 2.24) is 4.98 Å². The van der Waals surface area contributed by atoms with Gasteiger partial charge in [0.15, 0.2) is 0 Å². The van der Waals surface area contributed by atoms with Gasteiger partial charge in [0.05, 0.1) is 23.3 Å². The first-order valence-corrected chi connectivity index (χ1v) is 6.51. The largest absolute Gasteiger partial charge is 0.465 e. The molecule has 1 heterocycles. The smallest absolute Gasteiger partial charge is 0.338 e. The van der Waals surface area contributed by atoms with Gasteiger partial charge in [0.25, 0.3) is 5.91 Å². The van der Waals surface area contributed by atoms with Crippen LogP contribution >= 0.6 is 11.6 Å². The van der Waals surface area contributed by atoms with Gasteiger partial charge in [-0.2, -0.15) is 0 Å². The monoisotopic (exact) mass is 304 g/mol. The van der Waals surface area contributed by atoms with Crippen LogP contribution in [0.25, 0.3) is 0 Å². The molecule has 0 aliphatic rings. The predicted octanol–water partition coefficient (Wildman–Crippen LogP) is 3.08. The number of nitrogens with zero attached hydrogens (tertiary/aromatic N) is 1. The summed E-state index contributed by atoms with van der Waals surface area (Å²) in [6.07, 6.45) is 2.88. The number of methoxy groups -OCH3 is 1. The third kappa shape index (κ3) is 3.20. The molecule has 0 spiro atoms. The minimum atomic E-state index is -0.453. The fraction of sp³-hybridized carbons (Fsp3) is 0.133. The number of hydrogen-bond acceptors (Lipinski definition) is 4. The van der Waals surface area contributed by atoms with Crippen LogP contribution in [-0.4, -0.2) is 24.0 Å². The Morgan fingerprint density at radius 2 is 2.00 bits per heavy atom. The third-order valence-electron chi connectivity index (χ3n) is 3.00. The van der Waals surface area contributed by atoms with Crippen LogP contribution in [0.4, 0.5) is 5.69 Å². The summed E-state index contributed by atoms with van der Waals surface area (Å²) in [4.78, 5) is 27.7. The van der Waals surface area contributed by atoms with Crippen LogP contribution in [-0.2, 0) is 4.74 Å². The Labute approximate surface area is 126 Å². The van der Waals surface area contributed by atoms with E-state index in [1.807, 2.05) is 0 Å². The number of hydrogen-bond donors (Lipinski definition) is 1. The number of benzene rings is 1. The first kappa shape index (κ1) is 15.0. The van der Waals surface area contributed by atoms with E-state index in [0.29, 0.717) is 22.4 Å². The second-order valence-electron chi connectivity index (χ2n) is 4.28. The summed E-state index contributed by atoms with van der Waals surface area (Å²) in [6.45, 7) is 1.73. The van der Waals surface area contributed by atoms with Gasteiger partial charge in [-0.05, 0) is 30.7 Å². The number of esters is 1. The van der Waals surface area contributed by atoms with Crippen molar-refractivity contribution in [2.45, 2.75) is 6.92 Å². The molecule has 2 aromatic rings. The molecule has 21 heavy (non-hydrogen) atoms. The molecule has 0 saturated carbocycles. The van der Waals surface area contributed by atoms with Gasteiger partial charge in [-0.1, -0.05) is 17.7 Å². The molecule has 1 aromatic carbocycles. The van der Waals surface area contributed by atoms with Crippen LogP contribution in [0.15, 0.2) is 36.7 Å². The Balaban J connectivity index is 2.30. The highest BCUT2D eigenvalue weighted by molar-refractivity contribution is 6.34. The molecule has 6 heteroatoms. The van der Waals surface area contributed by atoms with Crippen molar-refractivity contribution < 1.29 is 14.3 Å². The van der Waals surface area contributed by atoms with E-state index in [-0.39, 0.29) is 10.9 Å². The fourth-order valence-corrected chi connectivity index (χ4v) is 2.06. The lowest BCUT2D eigenvalue weighted by molar-refractivity contribution is 0.0599. The number of pyridine rings is 1. The average Bonchev–Trinajstić information content (AvgIpc) is 2.49. The zero-order chi connectivity index (χ0) is 15.4. The Morgan fingerprint density at radius 1 is 1.24 bits per heavy atom. The van der Waals surface area contributed by atoms with E-state index in [4.69, 9.17) is 16.3 Å². The summed E-state index contributed by atoms with van der Waals surface area (Å²) >= 11 is 5.93. The molecule has 1 aromatic heterocycles. The van der Waals surface area contributed by atoms with E-state index in [9.17, 15) is 9.59 Å². The van der Waals surface area contributed by atoms with E-state index >= 15 is 0 Å². The topological polar surface area (TPSA) is 68.3 Å². The second-order valence-corrected chi connectivity index (χ2v) is 4.69. The number of aromatic nitrogens is 1. The lowest BCUT2D eigenvalue weighted by Crippen LogP contribution is -2.15. The van der Waals surface area contributed by atoms with Gasteiger partial charge in [-0.15, -0.1) is 0 Å². The average molecular weight is 305 g/mol. The standard InChI is InChI=1S/C15H13ClN2O3/c1-9-10(15(20)21-2)4-3-5-13(9)18-14(19)11-6-7-17-8-12(11)16/h3-8H,1-2H3,(H,18,19). The van der Waals surface area contributed by atoms with E-state index in [2.05, 4.69) is 10.3 Å². The van der Waals surface area contributed by atoms with E-state index in [1.54, 1.807) is 25.1 Å². The first-order valence-electron chi connectivity index (χ1n) is 6.13. The molecule has 0 bridgehead atoms. The predicted molar refractivity (Wildman–Crippen MR) is 79.7 cm³/mol. The molecule has 0 unspecified atom stereocenters. The van der Waals surface area contributed by atoms with Crippen LogP contribution in [0.2, 0.25) is 5.02 Å². The minimum Gasteiger partial charge on any atom is -0.465 e. The van der Waals surface area contributed by atoms with E-state index in [0.717, 1.165) is 0 Å². The minimum absolute atomic E-state index is 0.261. The SMILES string of the molecule is COC(=O)c1cccc(NC(=O)c2ccncc2Cl)c1C. The molecular formula is C15H13ClN2O3. The Bertz CT molecular complexity index is 701. The Hall–Kier alpha value is -2.40. The molecule has 0 radical (unpaired) electrons. The molecule has 0 saturated heterocycles. The van der Waals surface area contributed by atoms with Gasteiger partial charge in [-0.3, -0.25) is 9.78 Å². The summed E-state index contributed by atoms with van der Waals surface area (Å²) in [5.74, 6) is -0.821. The third-order valence-corrected chi connectivity index (χ3v) is 3.31. The molecule has 108 valence electrons. The maximum absolute atomic E-state index is 12.2. The van der Waals surface area contributed by atoms with Crippen molar-refractivity contribution >= 4 is 29.2 Å². The molecule has 1 amide bonds. The van der Waals surface area contributed by atoms with Crippen molar-refractivity contribution in [1.29, 1.82) is 0 Å². The zero-order valence-corrected chi connectivity index (χ0v) is 12.3. The summed E-state index contributed by atoms with van der Waals surface area (Å²) in [6, 6.07) is 6.53. The van der Waals surface area contributed by atoms with Crippen molar-refractivity contribution in [2.75, 3.05) is 12.4 Å². The molecule has 0 fully saturated rings. The van der Waals surface area contributed by atoms with Gasteiger partial charge in [0.1, 0.15) is 0 Å². The Morgan fingerprint density at radius 3 is 2.67 bits per heavy atom. The van der Waals surface area contributed by atoms with Crippen LogP contribution in [0.1, 0.15) is 26.3 Å². The molecule has 2 rings (SSSR count). The van der Waals surface area contributed by atoms with Gasteiger partial charge in [0.2, 0.25) is 0 Å². The maximum atomic E-state index is 12.2. The van der Waals surface area contributed by atoms with Gasteiger partial charge in [0, 0.05) is 18.1 Å². The zero-order valence-electron chi connectivity index (χ0n) is 11.5. The maximum Gasteiger partial charge on any atom is 0.338 e. The fourth-order valence-electron chi connectivity index (χ4n) is 1.85. The highest BCUT2D eigenvalue weighted by atomic mass is 35.5. The number of anilines is 1. The molecule has 1 N–H and O–H groups in total. The highest BCUT2D eigenvalue weighted by Crippen LogP contribution is 2.22. The Kier molecular flexibility index (Phi) is 4.55. The number of halogens is 1. The lowest BCUT2D eigenvalue weighted by Gasteiger charge is -2.11. The summed E-state index contributed by atoms with van der Waals surface area (Å²) in [5.41, 5.74) is 1.87. The van der Waals surface area contributed by atoms with Crippen LogP contribution in [0, 0.1) is 6.92 Å². The molecular weight excluding hydrogens is 292 g/mol. The number of carbonyl (C=O) groups excluding carboxylic acids is 2. The van der Waals surface area contributed by atoms with Crippen LogP contribution < -0.4 is 5.32 Å². The van der Waals surface area contributed by atoms with Crippen molar-refractivity contribution in [3.05, 3.63) is 58.4 Å². The van der Waals surface area contributed by atoms with Crippen molar-refractivity contribution in [3.63, 3.8) is 0 Å². The highest BCUT2D eigenvalue weighted by Gasteiger charge is 2.15. The van der Waals surface area contributed by atoms with Crippen LogP contribution in [0.5, 0.6) is 0 Å². The van der Waals surface area contributed by atoms with Gasteiger partial charge < -0.3 is 10.1 Å².